The van der Waals surface area contributed by atoms with Gasteiger partial charge in [-0.3, -0.25) is 0 Å². The average Bonchev–Trinajstić information content (AvgIpc) is 2.74. The lowest BCUT2D eigenvalue weighted by Gasteiger charge is -2.35. The Labute approximate surface area is 174 Å². The summed E-state index contributed by atoms with van der Waals surface area (Å²) in [6, 6.07) is 16.1. The second kappa shape index (κ2) is 9.75. The minimum absolute atomic E-state index is 0.297. The predicted octanol–water partition coefficient (Wildman–Crippen LogP) is 5.01. The first-order valence-corrected chi connectivity index (χ1v) is 10.2. The fourth-order valence-corrected chi connectivity index (χ4v) is 4.31. The molecule has 29 heavy (non-hydrogen) atoms. The number of carbonyl (C=O) groups excluding carboxylic acids is 1. The highest BCUT2D eigenvalue weighted by Crippen LogP contribution is 2.42. The predicted molar refractivity (Wildman–Crippen MR) is 117 cm³/mol. The van der Waals surface area contributed by atoms with Crippen LogP contribution in [-0.2, 0) is 4.74 Å². The van der Waals surface area contributed by atoms with Crippen molar-refractivity contribution < 1.29 is 14.3 Å². The van der Waals surface area contributed by atoms with Crippen LogP contribution >= 0.6 is 0 Å². The van der Waals surface area contributed by atoms with Crippen LogP contribution in [0.3, 0.4) is 0 Å². The second-order valence-electron chi connectivity index (χ2n) is 8.07. The SMILES string of the molecule is COC(=O)c1cccc(/C=C2\CC[C@H](CN(C)C)[C@H](c3cccc(OC)c3)C2)c1. The summed E-state index contributed by atoms with van der Waals surface area (Å²) in [7, 11) is 7.42. The van der Waals surface area contributed by atoms with Gasteiger partial charge in [0.1, 0.15) is 5.75 Å². The zero-order chi connectivity index (χ0) is 20.8. The van der Waals surface area contributed by atoms with Gasteiger partial charge in [0, 0.05) is 6.54 Å². The second-order valence-corrected chi connectivity index (χ2v) is 8.07. The van der Waals surface area contributed by atoms with E-state index in [1.807, 2.05) is 24.3 Å². The molecule has 0 spiro atoms. The number of carbonyl (C=O) groups is 1. The van der Waals surface area contributed by atoms with E-state index in [0.717, 1.165) is 37.1 Å². The van der Waals surface area contributed by atoms with E-state index in [2.05, 4.69) is 43.3 Å². The Hall–Kier alpha value is -2.59. The molecule has 0 N–H and O–H groups in total. The lowest BCUT2D eigenvalue weighted by atomic mass is 9.73. The molecule has 0 heterocycles. The summed E-state index contributed by atoms with van der Waals surface area (Å²) < 4.78 is 10.3. The van der Waals surface area contributed by atoms with Gasteiger partial charge >= 0.3 is 5.97 Å². The first kappa shape index (κ1) is 21.1. The van der Waals surface area contributed by atoms with Gasteiger partial charge < -0.3 is 14.4 Å². The largest absolute Gasteiger partial charge is 0.497 e. The molecule has 4 nitrogen and oxygen atoms in total. The molecular weight excluding hydrogens is 362 g/mol. The number of methoxy groups -OCH3 is 2. The van der Waals surface area contributed by atoms with Crippen LogP contribution in [0.5, 0.6) is 5.75 Å². The van der Waals surface area contributed by atoms with Gasteiger partial charge in [0.05, 0.1) is 19.8 Å². The molecular formula is C25H31NO3. The quantitative estimate of drug-likeness (QED) is 0.647. The molecule has 0 aliphatic heterocycles. The highest BCUT2D eigenvalue weighted by molar-refractivity contribution is 5.90. The Morgan fingerprint density at radius 3 is 2.66 bits per heavy atom. The van der Waals surface area contributed by atoms with Crippen LogP contribution in [-0.4, -0.2) is 45.7 Å². The van der Waals surface area contributed by atoms with Gasteiger partial charge in [-0.05, 0) is 80.6 Å². The average molecular weight is 394 g/mol. The van der Waals surface area contributed by atoms with E-state index in [9.17, 15) is 4.79 Å². The molecule has 0 saturated heterocycles. The summed E-state index contributed by atoms with van der Waals surface area (Å²) >= 11 is 0. The van der Waals surface area contributed by atoms with Crippen LogP contribution < -0.4 is 4.74 Å². The van der Waals surface area contributed by atoms with Crippen LogP contribution in [0.25, 0.3) is 6.08 Å². The van der Waals surface area contributed by atoms with Crippen molar-refractivity contribution >= 4 is 12.0 Å². The Bertz CT molecular complexity index is 872. The first-order valence-electron chi connectivity index (χ1n) is 10.2. The standard InChI is InChI=1S/C25H31NO3/c1-26(2)17-22-12-11-19(13-18-7-5-9-21(14-18)25(27)29-4)15-24(22)20-8-6-10-23(16-20)28-3/h5-10,13-14,16,22,24H,11-12,15,17H2,1-4H3/b19-13+/t22-,24+/m1/s1. The van der Waals surface area contributed by atoms with Crippen molar-refractivity contribution in [3.8, 4) is 5.75 Å². The molecule has 3 rings (SSSR count). The number of benzene rings is 2. The van der Waals surface area contributed by atoms with Crippen LogP contribution in [0.1, 0.15) is 46.7 Å². The maximum atomic E-state index is 11.8. The summed E-state index contributed by atoms with van der Waals surface area (Å²) in [5, 5.41) is 0. The molecule has 0 amide bonds. The van der Waals surface area contributed by atoms with Crippen molar-refractivity contribution in [1.29, 1.82) is 0 Å². The number of ether oxygens (including phenoxy) is 2. The van der Waals surface area contributed by atoms with E-state index in [1.165, 1.54) is 18.2 Å². The number of hydrogen-bond donors (Lipinski definition) is 0. The Morgan fingerprint density at radius 2 is 1.93 bits per heavy atom. The molecule has 0 aromatic heterocycles. The van der Waals surface area contributed by atoms with Crippen molar-refractivity contribution in [1.82, 2.24) is 4.90 Å². The van der Waals surface area contributed by atoms with Crippen molar-refractivity contribution in [2.75, 3.05) is 34.9 Å². The van der Waals surface area contributed by atoms with E-state index < -0.39 is 0 Å². The molecule has 1 aliphatic carbocycles. The molecule has 0 bridgehead atoms. The van der Waals surface area contributed by atoms with Crippen LogP contribution in [0.2, 0.25) is 0 Å². The van der Waals surface area contributed by atoms with Crippen molar-refractivity contribution in [3.05, 3.63) is 70.8 Å². The van der Waals surface area contributed by atoms with E-state index in [1.54, 1.807) is 13.2 Å². The number of allylic oxidation sites excluding steroid dienone is 1. The third kappa shape index (κ3) is 5.48. The zero-order valence-corrected chi connectivity index (χ0v) is 17.9. The normalized spacial score (nSPS) is 20.7. The molecule has 1 fully saturated rings. The van der Waals surface area contributed by atoms with Crippen molar-refractivity contribution in [2.45, 2.75) is 25.2 Å². The number of nitrogens with zero attached hydrogens (tertiary/aromatic N) is 1. The smallest absolute Gasteiger partial charge is 0.337 e. The first-order chi connectivity index (χ1) is 14.0. The lowest BCUT2D eigenvalue weighted by molar-refractivity contribution is 0.0600. The molecule has 154 valence electrons. The summed E-state index contributed by atoms with van der Waals surface area (Å²) in [6.45, 7) is 1.08. The lowest BCUT2D eigenvalue weighted by Crippen LogP contribution is -2.29. The molecule has 2 aromatic carbocycles. The van der Waals surface area contributed by atoms with Gasteiger partial charge in [-0.25, -0.2) is 4.79 Å². The number of hydrogen-bond acceptors (Lipinski definition) is 4. The van der Waals surface area contributed by atoms with Gasteiger partial charge in [-0.15, -0.1) is 0 Å². The fraction of sp³-hybridized carbons (Fsp3) is 0.400. The molecule has 1 aliphatic rings. The van der Waals surface area contributed by atoms with Crippen LogP contribution in [0, 0.1) is 5.92 Å². The molecule has 4 heteroatoms. The van der Waals surface area contributed by atoms with E-state index in [-0.39, 0.29) is 5.97 Å². The molecule has 2 aromatic rings. The van der Waals surface area contributed by atoms with Crippen molar-refractivity contribution in [3.63, 3.8) is 0 Å². The molecule has 2 atom stereocenters. The Kier molecular flexibility index (Phi) is 7.10. The van der Waals surface area contributed by atoms with E-state index >= 15 is 0 Å². The summed E-state index contributed by atoms with van der Waals surface area (Å²) in [4.78, 5) is 14.1. The van der Waals surface area contributed by atoms with E-state index in [0.29, 0.717) is 17.4 Å². The van der Waals surface area contributed by atoms with Crippen molar-refractivity contribution in [2.24, 2.45) is 5.92 Å². The Balaban J connectivity index is 1.87. The summed E-state index contributed by atoms with van der Waals surface area (Å²) in [5.74, 6) is 1.68. The molecule has 1 saturated carbocycles. The van der Waals surface area contributed by atoms with Gasteiger partial charge in [-0.1, -0.05) is 35.9 Å². The number of esters is 1. The highest BCUT2D eigenvalue weighted by Gasteiger charge is 2.29. The summed E-state index contributed by atoms with van der Waals surface area (Å²) in [5.41, 5.74) is 4.41. The summed E-state index contributed by atoms with van der Waals surface area (Å²) in [6.07, 6.45) is 5.50. The maximum Gasteiger partial charge on any atom is 0.337 e. The minimum Gasteiger partial charge on any atom is -0.497 e. The third-order valence-corrected chi connectivity index (χ3v) is 5.69. The number of rotatable bonds is 6. The van der Waals surface area contributed by atoms with Gasteiger partial charge in [0.2, 0.25) is 0 Å². The van der Waals surface area contributed by atoms with Gasteiger partial charge in [0.15, 0.2) is 0 Å². The topological polar surface area (TPSA) is 38.8 Å². The van der Waals surface area contributed by atoms with E-state index in [4.69, 9.17) is 9.47 Å². The van der Waals surface area contributed by atoms with Crippen LogP contribution in [0.15, 0.2) is 54.1 Å². The molecule has 0 unspecified atom stereocenters. The third-order valence-electron chi connectivity index (χ3n) is 5.69. The van der Waals surface area contributed by atoms with Gasteiger partial charge in [-0.2, -0.15) is 0 Å². The van der Waals surface area contributed by atoms with Crippen LogP contribution in [0.4, 0.5) is 0 Å². The maximum absolute atomic E-state index is 11.8. The Morgan fingerprint density at radius 1 is 1.14 bits per heavy atom. The zero-order valence-electron chi connectivity index (χ0n) is 17.9. The fourth-order valence-electron chi connectivity index (χ4n) is 4.31. The highest BCUT2D eigenvalue weighted by atomic mass is 16.5. The minimum atomic E-state index is -0.297. The monoisotopic (exact) mass is 393 g/mol. The van der Waals surface area contributed by atoms with Gasteiger partial charge in [0.25, 0.3) is 0 Å². The molecule has 0 radical (unpaired) electrons.